The molecule has 2 aliphatic heterocycles. The Balaban J connectivity index is 1.53. The molecule has 0 N–H and O–H groups in total. The van der Waals surface area contributed by atoms with E-state index >= 15 is 0 Å². The molecule has 0 radical (unpaired) electrons. The standard InChI is InChI=1S/C19H28FN3O/c1-3-21-10-12-22(13-11-21)8-7-19(24)23-9-6-16-14-17(20)4-5-18(16)15(23)2/h4-5,14-15H,3,6-13H2,1-2H3. The van der Waals surface area contributed by atoms with Crippen LogP contribution in [0.1, 0.15) is 37.4 Å². The van der Waals surface area contributed by atoms with Crippen LogP contribution in [0.5, 0.6) is 0 Å². The quantitative estimate of drug-likeness (QED) is 0.846. The van der Waals surface area contributed by atoms with Crippen LogP contribution in [0.2, 0.25) is 0 Å². The summed E-state index contributed by atoms with van der Waals surface area (Å²) in [4.78, 5) is 19.5. The van der Waals surface area contributed by atoms with Crippen molar-refractivity contribution < 1.29 is 9.18 Å². The van der Waals surface area contributed by atoms with Gasteiger partial charge in [0.05, 0.1) is 6.04 Å². The summed E-state index contributed by atoms with van der Waals surface area (Å²) >= 11 is 0. The summed E-state index contributed by atoms with van der Waals surface area (Å²) in [5.41, 5.74) is 2.13. The predicted molar refractivity (Wildman–Crippen MR) is 93.4 cm³/mol. The molecule has 3 rings (SSSR count). The zero-order valence-electron chi connectivity index (χ0n) is 14.8. The van der Waals surface area contributed by atoms with Crippen LogP contribution in [0.15, 0.2) is 18.2 Å². The molecule has 1 aromatic rings. The lowest BCUT2D eigenvalue weighted by Crippen LogP contribution is -2.47. The molecule has 1 atom stereocenters. The topological polar surface area (TPSA) is 26.8 Å². The van der Waals surface area contributed by atoms with E-state index in [1.807, 2.05) is 17.9 Å². The minimum absolute atomic E-state index is 0.0405. The second kappa shape index (κ2) is 7.62. The van der Waals surface area contributed by atoms with E-state index in [1.165, 1.54) is 6.07 Å². The number of rotatable bonds is 4. The monoisotopic (exact) mass is 333 g/mol. The van der Waals surface area contributed by atoms with Crippen molar-refractivity contribution in [1.82, 2.24) is 14.7 Å². The van der Waals surface area contributed by atoms with E-state index in [0.29, 0.717) is 13.0 Å². The van der Waals surface area contributed by atoms with Gasteiger partial charge in [-0.15, -0.1) is 0 Å². The molecule has 1 unspecified atom stereocenters. The fourth-order valence-corrected chi connectivity index (χ4v) is 3.87. The van der Waals surface area contributed by atoms with Gasteiger partial charge >= 0.3 is 0 Å². The first-order chi connectivity index (χ1) is 11.6. The zero-order valence-corrected chi connectivity index (χ0v) is 14.8. The van der Waals surface area contributed by atoms with Gasteiger partial charge in [0.25, 0.3) is 0 Å². The Bertz CT molecular complexity index is 584. The summed E-state index contributed by atoms with van der Waals surface area (Å²) in [6, 6.07) is 4.98. The normalized spacial score (nSPS) is 22.5. The number of fused-ring (bicyclic) bond motifs is 1. The van der Waals surface area contributed by atoms with Gasteiger partial charge in [-0.1, -0.05) is 13.0 Å². The number of benzene rings is 1. The highest BCUT2D eigenvalue weighted by Crippen LogP contribution is 2.30. The Kier molecular flexibility index (Phi) is 5.51. The van der Waals surface area contributed by atoms with Gasteiger partial charge in [0.1, 0.15) is 5.82 Å². The van der Waals surface area contributed by atoms with E-state index in [9.17, 15) is 9.18 Å². The van der Waals surface area contributed by atoms with Gasteiger partial charge in [-0.25, -0.2) is 4.39 Å². The molecule has 24 heavy (non-hydrogen) atoms. The fraction of sp³-hybridized carbons (Fsp3) is 0.632. The summed E-state index contributed by atoms with van der Waals surface area (Å²) in [6.45, 7) is 11.2. The Morgan fingerprint density at radius 3 is 2.58 bits per heavy atom. The lowest BCUT2D eigenvalue weighted by molar-refractivity contribution is -0.134. The van der Waals surface area contributed by atoms with E-state index in [-0.39, 0.29) is 17.8 Å². The van der Waals surface area contributed by atoms with E-state index in [2.05, 4.69) is 16.7 Å². The maximum atomic E-state index is 13.4. The third kappa shape index (κ3) is 3.78. The highest BCUT2D eigenvalue weighted by Gasteiger charge is 2.28. The molecule has 0 saturated carbocycles. The van der Waals surface area contributed by atoms with Gasteiger partial charge in [-0.05, 0) is 43.1 Å². The molecule has 2 aliphatic rings. The molecule has 1 saturated heterocycles. The lowest BCUT2D eigenvalue weighted by Gasteiger charge is -2.37. The van der Waals surface area contributed by atoms with E-state index in [1.54, 1.807) is 6.07 Å². The van der Waals surface area contributed by atoms with Crippen molar-refractivity contribution in [3.8, 4) is 0 Å². The Morgan fingerprint density at radius 1 is 1.17 bits per heavy atom. The minimum atomic E-state index is -0.188. The zero-order chi connectivity index (χ0) is 17.1. The average molecular weight is 333 g/mol. The molecule has 0 spiro atoms. The van der Waals surface area contributed by atoms with Gasteiger partial charge in [0.15, 0.2) is 0 Å². The molecule has 2 heterocycles. The Labute approximate surface area is 144 Å². The van der Waals surface area contributed by atoms with E-state index < -0.39 is 0 Å². The Morgan fingerprint density at radius 2 is 1.88 bits per heavy atom. The summed E-state index contributed by atoms with van der Waals surface area (Å²) in [7, 11) is 0. The number of amides is 1. The molecular formula is C19H28FN3O. The van der Waals surface area contributed by atoms with Crippen LogP contribution < -0.4 is 0 Å². The van der Waals surface area contributed by atoms with Crippen LogP contribution >= 0.6 is 0 Å². The van der Waals surface area contributed by atoms with Crippen LogP contribution in [0, 0.1) is 5.82 Å². The van der Waals surface area contributed by atoms with E-state index in [0.717, 1.165) is 56.8 Å². The van der Waals surface area contributed by atoms with Gasteiger partial charge in [-0.3, -0.25) is 4.79 Å². The van der Waals surface area contributed by atoms with Gasteiger partial charge < -0.3 is 14.7 Å². The molecule has 1 aromatic carbocycles. The van der Waals surface area contributed by atoms with Crippen molar-refractivity contribution in [2.24, 2.45) is 0 Å². The van der Waals surface area contributed by atoms with Gasteiger partial charge in [-0.2, -0.15) is 0 Å². The summed E-state index contributed by atoms with van der Waals surface area (Å²) in [6.07, 6.45) is 1.32. The lowest BCUT2D eigenvalue weighted by atomic mass is 9.93. The third-order valence-electron chi connectivity index (χ3n) is 5.52. The second-order valence-electron chi connectivity index (χ2n) is 6.88. The molecule has 1 amide bonds. The smallest absolute Gasteiger partial charge is 0.224 e. The molecule has 0 bridgehead atoms. The molecule has 4 nitrogen and oxygen atoms in total. The maximum absolute atomic E-state index is 13.4. The summed E-state index contributed by atoms with van der Waals surface area (Å²) < 4.78 is 13.4. The first-order valence-corrected chi connectivity index (χ1v) is 9.11. The summed E-state index contributed by atoms with van der Waals surface area (Å²) in [5, 5.41) is 0. The molecule has 0 aliphatic carbocycles. The number of halogens is 1. The van der Waals surface area contributed by atoms with Crippen LogP contribution in [0.3, 0.4) is 0 Å². The largest absolute Gasteiger partial charge is 0.336 e. The maximum Gasteiger partial charge on any atom is 0.224 e. The van der Waals surface area contributed by atoms with Crippen LogP contribution in [0.4, 0.5) is 4.39 Å². The number of nitrogens with zero attached hydrogens (tertiary/aromatic N) is 3. The first kappa shape index (κ1) is 17.4. The number of hydrogen-bond acceptors (Lipinski definition) is 3. The minimum Gasteiger partial charge on any atom is -0.336 e. The third-order valence-corrected chi connectivity index (χ3v) is 5.52. The Hall–Kier alpha value is -1.46. The molecule has 0 aromatic heterocycles. The molecule has 5 heteroatoms. The van der Waals surface area contributed by atoms with Crippen molar-refractivity contribution in [3.63, 3.8) is 0 Å². The molecule has 132 valence electrons. The second-order valence-corrected chi connectivity index (χ2v) is 6.88. The number of carbonyl (C=O) groups is 1. The average Bonchev–Trinajstić information content (AvgIpc) is 2.60. The number of carbonyl (C=O) groups excluding carboxylic acids is 1. The number of likely N-dealkylation sites (N-methyl/N-ethyl adjacent to an activating group) is 1. The van der Waals surface area contributed by atoms with Crippen molar-refractivity contribution in [1.29, 1.82) is 0 Å². The van der Waals surface area contributed by atoms with E-state index in [4.69, 9.17) is 0 Å². The first-order valence-electron chi connectivity index (χ1n) is 9.11. The highest BCUT2D eigenvalue weighted by atomic mass is 19.1. The van der Waals surface area contributed by atoms with Gasteiger partial charge in [0.2, 0.25) is 5.91 Å². The van der Waals surface area contributed by atoms with Crippen LogP contribution in [0.25, 0.3) is 0 Å². The van der Waals surface area contributed by atoms with Crippen molar-refractivity contribution in [2.75, 3.05) is 45.8 Å². The van der Waals surface area contributed by atoms with Crippen molar-refractivity contribution in [3.05, 3.63) is 35.1 Å². The molecular weight excluding hydrogens is 305 g/mol. The van der Waals surface area contributed by atoms with Crippen molar-refractivity contribution in [2.45, 2.75) is 32.7 Å². The van der Waals surface area contributed by atoms with Crippen LogP contribution in [-0.4, -0.2) is 66.4 Å². The highest BCUT2D eigenvalue weighted by molar-refractivity contribution is 5.77. The van der Waals surface area contributed by atoms with Gasteiger partial charge in [0, 0.05) is 45.7 Å². The predicted octanol–water partition coefficient (Wildman–Crippen LogP) is 2.30. The number of piperazine rings is 1. The SMILES string of the molecule is CCN1CCN(CCC(=O)N2CCc3cc(F)ccc3C2C)CC1. The number of hydrogen-bond donors (Lipinski definition) is 0. The fourth-order valence-electron chi connectivity index (χ4n) is 3.87. The van der Waals surface area contributed by atoms with Crippen LogP contribution in [-0.2, 0) is 11.2 Å². The molecule has 1 fully saturated rings. The summed E-state index contributed by atoms with van der Waals surface area (Å²) in [5.74, 6) is 0.0299. The van der Waals surface area contributed by atoms with Crippen molar-refractivity contribution >= 4 is 5.91 Å².